The molecule has 160 valence electrons. The first kappa shape index (κ1) is 21.9. The molecule has 0 unspecified atom stereocenters. The Bertz CT molecular complexity index is 923. The maximum atomic E-state index is 9.06. The Morgan fingerprint density at radius 1 is 1.17 bits per heavy atom. The highest BCUT2D eigenvalue weighted by atomic mass is 32.1. The molecule has 3 rings (SSSR count). The first-order valence-electron chi connectivity index (χ1n) is 9.90. The molecule has 8 heteroatoms. The Labute approximate surface area is 181 Å². The van der Waals surface area contributed by atoms with Crippen molar-refractivity contribution >= 4 is 21.6 Å². The minimum absolute atomic E-state index is 0.0777. The van der Waals surface area contributed by atoms with E-state index in [1.165, 1.54) is 10.3 Å². The Kier molecular flexibility index (Phi) is 7.89. The van der Waals surface area contributed by atoms with Gasteiger partial charge in [-0.3, -0.25) is 0 Å². The number of rotatable bonds is 11. The summed E-state index contributed by atoms with van der Waals surface area (Å²) in [7, 11) is 0. The number of aliphatic hydroxyl groups is 2. The van der Waals surface area contributed by atoms with E-state index in [-0.39, 0.29) is 13.2 Å². The van der Waals surface area contributed by atoms with Gasteiger partial charge in [-0.25, -0.2) is 4.98 Å². The zero-order valence-electron chi connectivity index (χ0n) is 17.2. The summed E-state index contributed by atoms with van der Waals surface area (Å²) < 4.78 is 1.19. The quantitative estimate of drug-likeness (QED) is 0.509. The predicted molar refractivity (Wildman–Crippen MR) is 122 cm³/mol. The second-order valence-electron chi connectivity index (χ2n) is 6.91. The molecule has 0 bridgehead atoms. The Morgan fingerprint density at radius 3 is 2.63 bits per heavy atom. The van der Waals surface area contributed by atoms with Gasteiger partial charge in [-0.15, -0.1) is 11.3 Å². The maximum absolute atomic E-state index is 9.06. The summed E-state index contributed by atoms with van der Waals surface area (Å²) in [6.45, 7) is 8.50. The molecule has 1 aliphatic heterocycles. The van der Waals surface area contributed by atoms with Gasteiger partial charge in [-0.2, -0.15) is 0 Å². The molecule has 0 saturated heterocycles. The number of aliphatic hydroxyl groups excluding tert-OH is 2. The van der Waals surface area contributed by atoms with Gasteiger partial charge < -0.3 is 30.2 Å². The van der Waals surface area contributed by atoms with Crippen LogP contribution >= 0.6 is 11.3 Å². The summed E-state index contributed by atoms with van der Waals surface area (Å²) in [5, 5.41) is 22.5. The number of benzene rings is 1. The Balaban J connectivity index is 1.71. The van der Waals surface area contributed by atoms with Gasteiger partial charge in [-0.1, -0.05) is 6.58 Å². The fourth-order valence-corrected chi connectivity index (χ4v) is 4.12. The number of hydrogen-bond donors (Lipinski definition) is 3. The molecule has 0 saturated carbocycles. The molecule has 0 aliphatic carbocycles. The van der Waals surface area contributed by atoms with Crippen LogP contribution in [-0.2, 0) is 13.1 Å². The molecule has 0 amide bonds. The van der Waals surface area contributed by atoms with E-state index in [0.717, 1.165) is 22.6 Å². The number of aromatic nitrogens is 1. The van der Waals surface area contributed by atoms with Crippen molar-refractivity contribution in [2.75, 3.05) is 26.3 Å². The number of nitrogens with zero attached hydrogens (tertiary/aromatic N) is 4. The normalized spacial score (nSPS) is 13.6. The molecule has 1 aromatic heterocycles. The van der Waals surface area contributed by atoms with E-state index < -0.39 is 0 Å². The van der Waals surface area contributed by atoms with E-state index in [0.29, 0.717) is 19.6 Å². The summed E-state index contributed by atoms with van der Waals surface area (Å²) in [6.07, 6.45) is 13.4. The van der Waals surface area contributed by atoms with E-state index in [4.69, 9.17) is 15.2 Å². The first-order valence-corrected chi connectivity index (χ1v) is 10.7. The third kappa shape index (κ3) is 5.85. The Morgan fingerprint density at radius 2 is 1.93 bits per heavy atom. The van der Waals surface area contributed by atoms with Gasteiger partial charge in [0.25, 0.3) is 0 Å². The molecule has 1 aliphatic rings. The topological polar surface area (TPSA) is 75.1 Å². The van der Waals surface area contributed by atoms with E-state index in [9.17, 15) is 0 Å². The van der Waals surface area contributed by atoms with Gasteiger partial charge in [0.15, 0.2) is 0 Å². The average molecular weight is 428 g/mol. The zero-order valence-corrected chi connectivity index (χ0v) is 18.1. The lowest BCUT2D eigenvalue weighted by Crippen LogP contribution is -2.22. The van der Waals surface area contributed by atoms with E-state index in [1.807, 2.05) is 53.9 Å². The van der Waals surface area contributed by atoms with Gasteiger partial charge in [0.05, 0.1) is 28.4 Å². The van der Waals surface area contributed by atoms with Gasteiger partial charge >= 0.3 is 0 Å². The monoisotopic (exact) mass is 427 g/mol. The van der Waals surface area contributed by atoms with Crippen molar-refractivity contribution in [2.45, 2.75) is 20.0 Å². The number of nitrogens with one attached hydrogen (secondary N) is 1. The fourth-order valence-electron chi connectivity index (χ4n) is 3.18. The van der Waals surface area contributed by atoms with Crippen LogP contribution in [0.3, 0.4) is 0 Å². The molecule has 2 aromatic rings. The molecule has 0 spiro atoms. The lowest BCUT2D eigenvalue weighted by molar-refractivity contribution is 0.258. The largest absolute Gasteiger partial charge is 0.395 e. The van der Waals surface area contributed by atoms with Crippen molar-refractivity contribution in [1.82, 2.24) is 25.0 Å². The van der Waals surface area contributed by atoms with Gasteiger partial charge in [-0.05, 0) is 36.4 Å². The van der Waals surface area contributed by atoms with Crippen molar-refractivity contribution in [3.05, 3.63) is 78.2 Å². The highest BCUT2D eigenvalue weighted by Crippen LogP contribution is 2.27. The zero-order chi connectivity index (χ0) is 21.3. The number of fused-ring (bicyclic) bond motifs is 1. The van der Waals surface area contributed by atoms with Crippen LogP contribution in [0.1, 0.15) is 16.1 Å². The van der Waals surface area contributed by atoms with Crippen LogP contribution in [-0.4, -0.2) is 56.2 Å². The first-order chi connectivity index (χ1) is 14.6. The summed E-state index contributed by atoms with van der Waals surface area (Å²) in [4.78, 5) is 10.6. The molecule has 3 N–H and O–H groups in total. The van der Waals surface area contributed by atoms with Crippen LogP contribution in [0, 0.1) is 6.92 Å². The number of aryl methyl sites for hydroxylation is 1. The van der Waals surface area contributed by atoms with Crippen LogP contribution in [0.15, 0.2) is 62.1 Å². The third-order valence-electron chi connectivity index (χ3n) is 4.63. The summed E-state index contributed by atoms with van der Waals surface area (Å²) in [5.41, 5.74) is 3.40. The summed E-state index contributed by atoms with van der Waals surface area (Å²) in [6, 6.07) is 4.41. The highest BCUT2D eigenvalue weighted by Gasteiger charge is 2.11. The van der Waals surface area contributed by atoms with Crippen LogP contribution in [0.5, 0.6) is 0 Å². The molecular weight excluding hydrogens is 398 g/mol. The van der Waals surface area contributed by atoms with Gasteiger partial charge in [0.1, 0.15) is 0 Å². The van der Waals surface area contributed by atoms with Crippen LogP contribution < -0.4 is 5.32 Å². The fraction of sp³-hybridized carbons (Fsp3) is 0.318. The molecule has 0 fully saturated rings. The molecule has 30 heavy (non-hydrogen) atoms. The maximum Gasteiger partial charge on any atom is 0.0907 e. The number of thiazole rings is 1. The minimum Gasteiger partial charge on any atom is -0.395 e. The van der Waals surface area contributed by atoms with Crippen LogP contribution in [0.4, 0.5) is 0 Å². The summed E-state index contributed by atoms with van der Waals surface area (Å²) in [5.74, 6) is 0. The lowest BCUT2D eigenvalue weighted by Gasteiger charge is -2.24. The van der Waals surface area contributed by atoms with Crippen LogP contribution in [0.25, 0.3) is 10.2 Å². The average Bonchev–Trinajstić information content (AvgIpc) is 3.12. The molecule has 0 atom stereocenters. The molecule has 2 heterocycles. The minimum atomic E-state index is 0.0777. The van der Waals surface area contributed by atoms with Crippen LogP contribution in [0.2, 0.25) is 0 Å². The van der Waals surface area contributed by atoms with E-state index >= 15 is 0 Å². The van der Waals surface area contributed by atoms with Crippen molar-refractivity contribution in [2.24, 2.45) is 0 Å². The highest BCUT2D eigenvalue weighted by molar-refractivity contribution is 7.18. The van der Waals surface area contributed by atoms with Gasteiger partial charge in [0, 0.05) is 63.4 Å². The predicted octanol–water partition coefficient (Wildman–Crippen LogP) is 2.66. The molecule has 1 aromatic carbocycles. The smallest absolute Gasteiger partial charge is 0.0907 e. The number of β-amino-alcohol motifs (C(OH)–C–C–N with tert-alkyl or cyclic N) is 1. The standard InChI is InChI=1S/C22H29N5O2S/c1-3-25(10-12-28)5-4-23-16-20-14-19(15-21-22(20)24-18(2)30-21)17-27-8-6-26(7-9-27)11-13-29/h3-9,14-15,23,28-29H,1,10-13,16-17H2,2H3/b5-4-. The number of hydrogen-bond acceptors (Lipinski definition) is 8. The third-order valence-corrected chi connectivity index (χ3v) is 5.55. The van der Waals surface area contributed by atoms with E-state index in [2.05, 4.69) is 28.9 Å². The SMILES string of the molecule is C=CN(/C=C\NCc1cc(CN2C=CN(CCO)C=C2)cc2sc(C)nc12)CCO. The van der Waals surface area contributed by atoms with Crippen molar-refractivity contribution < 1.29 is 10.2 Å². The molecule has 7 nitrogen and oxygen atoms in total. The second kappa shape index (κ2) is 10.8. The Hall–Kier alpha value is -2.81. The van der Waals surface area contributed by atoms with Crippen molar-refractivity contribution in [3.63, 3.8) is 0 Å². The van der Waals surface area contributed by atoms with Crippen molar-refractivity contribution in [3.8, 4) is 0 Å². The molecular formula is C22H29N5O2S. The van der Waals surface area contributed by atoms with Gasteiger partial charge in [0.2, 0.25) is 0 Å². The van der Waals surface area contributed by atoms with Crippen molar-refractivity contribution in [1.29, 1.82) is 0 Å². The second-order valence-corrected chi connectivity index (χ2v) is 8.14. The molecule has 0 radical (unpaired) electrons. The summed E-state index contributed by atoms with van der Waals surface area (Å²) >= 11 is 1.71. The lowest BCUT2D eigenvalue weighted by atomic mass is 10.1. The van der Waals surface area contributed by atoms with E-state index in [1.54, 1.807) is 17.5 Å².